The predicted octanol–water partition coefficient (Wildman–Crippen LogP) is 2.96. The van der Waals surface area contributed by atoms with Gasteiger partial charge in [-0.2, -0.15) is 0 Å². The molecule has 0 N–H and O–H groups in total. The molecule has 4 unspecified atom stereocenters. The molecular formula is C10H12Cl2Si. The summed E-state index contributed by atoms with van der Waals surface area (Å²) >= 11 is 11.7. The maximum absolute atomic E-state index is 5.87. The lowest BCUT2D eigenvalue weighted by Crippen LogP contribution is -2.13. The van der Waals surface area contributed by atoms with E-state index in [0.717, 1.165) is 0 Å². The molecule has 0 aliphatic heterocycles. The molecule has 2 aliphatic carbocycles. The third kappa shape index (κ3) is 1.70. The lowest BCUT2D eigenvalue weighted by molar-refractivity contribution is 0.526. The van der Waals surface area contributed by atoms with E-state index >= 15 is 0 Å². The number of fused-ring (bicyclic) bond motifs is 2. The molecule has 2 aliphatic rings. The average Bonchev–Trinajstić information content (AvgIpc) is 2.61. The van der Waals surface area contributed by atoms with Crippen LogP contribution in [0.25, 0.3) is 0 Å². The van der Waals surface area contributed by atoms with Gasteiger partial charge in [0.1, 0.15) is 0 Å². The molecule has 0 aromatic rings. The average molecular weight is 231 g/mol. The molecule has 0 aromatic heterocycles. The Morgan fingerprint density at radius 3 is 2.69 bits per heavy atom. The van der Waals surface area contributed by atoms with Crippen LogP contribution in [0.3, 0.4) is 0 Å². The van der Waals surface area contributed by atoms with Gasteiger partial charge in [0.15, 0.2) is 0 Å². The molecule has 0 spiro atoms. The van der Waals surface area contributed by atoms with Gasteiger partial charge in [0.25, 0.3) is 0 Å². The molecule has 4 atom stereocenters. The van der Waals surface area contributed by atoms with E-state index in [1.807, 2.05) is 0 Å². The summed E-state index contributed by atoms with van der Waals surface area (Å²) in [5.41, 5.74) is 2.16. The van der Waals surface area contributed by atoms with Gasteiger partial charge in [-0.1, -0.05) is 23.9 Å². The number of halogens is 2. The van der Waals surface area contributed by atoms with Gasteiger partial charge in [-0.3, -0.25) is 0 Å². The highest BCUT2D eigenvalue weighted by molar-refractivity contribution is 7.34. The minimum absolute atomic E-state index is 0.590. The van der Waals surface area contributed by atoms with Crippen LogP contribution in [0.5, 0.6) is 0 Å². The van der Waals surface area contributed by atoms with E-state index in [1.165, 1.54) is 6.42 Å². The van der Waals surface area contributed by atoms with Crippen LogP contribution >= 0.6 is 22.2 Å². The molecule has 0 heterocycles. The largest absolute Gasteiger partial charge is 0.228 e. The molecule has 0 nitrogen and oxygen atoms in total. The monoisotopic (exact) mass is 230 g/mol. The van der Waals surface area contributed by atoms with E-state index < -0.39 is 7.03 Å². The minimum atomic E-state index is -1.23. The van der Waals surface area contributed by atoms with Crippen molar-refractivity contribution in [3.8, 4) is 0 Å². The van der Waals surface area contributed by atoms with Gasteiger partial charge < -0.3 is 0 Å². The molecule has 1 fully saturated rings. The summed E-state index contributed by atoms with van der Waals surface area (Å²) in [5, 5.41) is 0. The highest BCUT2D eigenvalue weighted by atomic mass is 35.7. The molecule has 13 heavy (non-hydrogen) atoms. The molecule has 0 aromatic carbocycles. The highest BCUT2D eigenvalue weighted by Crippen LogP contribution is 2.47. The number of hydrogen-bond acceptors (Lipinski definition) is 0. The highest BCUT2D eigenvalue weighted by Gasteiger charge is 2.41. The standard InChI is InChI=1S/C10H12Cl2Si/c1-2-7-5-8-3-4-9(7)10(8)6-13(11)12/h2-4,6-10H,1,5H2. The van der Waals surface area contributed by atoms with Gasteiger partial charge in [-0.05, 0) is 30.1 Å². The van der Waals surface area contributed by atoms with Gasteiger partial charge in [0.05, 0.1) is 0 Å². The fourth-order valence-electron chi connectivity index (χ4n) is 2.58. The Hall–Kier alpha value is 0.147. The maximum atomic E-state index is 5.87. The van der Waals surface area contributed by atoms with Crippen molar-refractivity contribution in [1.82, 2.24) is 0 Å². The second kappa shape index (κ2) is 3.72. The summed E-state index contributed by atoms with van der Waals surface area (Å²) < 4.78 is 0. The number of hydrogen-bond donors (Lipinski definition) is 0. The number of rotatable bonds is 2. The Morgan fingerprint density at radius 2 is 2.15 bits per heavy atom. The van der Waals surface area contributed by atoms with Crippen LogP contribution < -0.4 is 0 Å². The smallest absolute Gasteiger partial charge is 0.118 e. The molecule has 2 bridgehead atoms. The minimum Gasteiger partial charge on any atom is -0.118 e. The summed E-state index contributed by atoms with van der Waals surface area (Å²) in [5.74, 6) is 2.53. The third-order valence-electron chi connectivity index (χ3n) is 3.18. The van der Waals surface area contributed by atoms with Crippen LogP contribution in [0.2, 0.25) is 0 Å². The molecule has 0 radical (unpaired) electrons. The van der Waals surface area contributed by atoms with E-state index in [1.54, 1.807) is 0 Å². The molecule has 70 valence electrons. The van der Waals surface area contributed by atoms with Crippen molar-refractivity contribution in [3.63, 3.8) is 0 Å². The Bertz CT molecular complexity index is 279. The summed E-state index contributed by atoms with van der Waals surface area (Å²) in [6.45, 7) is 3.87. The molecule has 0 saturated heterocycles. The van der Waals surface area contributed by atoms with Crippen LogP contribution in [0.1, 0.15) is 6.42 Å². The quantitative estimate of drug-likeness (QED) is 0.389. The predicted molar refractivity (Wildman–Crippen MR) is 61.4 cm³/mol. The zero-order valence-electron chi connectivity index (χ0n) is 7.29. The first-order valence-corrected chi connectivity index (χ1v) is 8.16. The molecular weight excluding hydrogens is 219 g/mol. The molecule has 0 amide bonds. The van der Waals surface area contributed by atoms with Gasteiger partial charge in [0, 0.05) is 0 Å². The second-order valence-corrected chi connectivity index (χ2v) is 7.73. The molecule has 1 saturated carbocycles. The number of allylic oxidation sites excluding steroid dienone is 3. The zero-order chi connectivity index (χ0) is 9.42. The fraction of sp³-hybridized carbons (Fsp3) is 0.500. The van der Waals surface area contributed by atoms with Crippen molar-refractivity contribution >= 4 is 34.9 Å². The normalized spacial score (nSPS) is 40.8. The third-order valence-corrected chi connectivity index (χ3v) is 4.57. The molecule has 2 rings (SSSR count). The van der Waals surface area contributed by atoms with Crippen LogP contribution in [-0.2, 0) is 0 Å². The summed E-state index contributed by atoms with van der Waals surface area (Å²) in [4.78, 5) is 0. The van der Waals surface area contributed by atoms with Crippen LogP contribution in [0.4, 0.5) is 0 Å². The molecule has 3 heteroatoms. The summed E-state index contributed by atoms with van der Waals surface area (Å²) in [6, 6.07) is 0. The van der Waals surface area contributed by atoms with E-state index in [9.17, 15) is 0 Å². The Kier molecular flexibility index (Phi) is 2.77. The maximum Gasteiger partial charge on any atom is 0.228 e. The van der Waals surface area contributed by atoms with Crippen molar-refractivity contribution in [1.29, 1.82) is 0 Å². The lowest BCUT2D eigenvalue weighted by atomic mass is 9.92. The SMILES string of the molecule is C=CC1CC2C=CC1C2C=[Si](Cl)Cl. The van der Waals surface area contributed by atoms with Gasteiger partial charge in [0.2, 0.25) is 7.03 Å². The van der Waals surface area contributed by atoms with Gasteiger partial charge in [-0.25, -0.2) is 0 Å². The van der Waals surface area contributed by atoms with E-state index in [2.05, 4.69) is 30.5 Å². The van der Waals surface area contributed by atoms with Crippen molar-refractivity contribution in [2.24, 2.45) is 23.7 Å². The Morgan fingerprint density at radius 1 is 1.38 bits per heavy atom. The Labute approximate surface area is 89.9 Å². The van der Waals surface area contributed by atoms with E-state index in [-0.39, 0.29) is 0 Å². The lowest BCUT2D eigenvalue weighted by Gasteiger charge is -2.13. The van der Waals surface area contributed by atoms with Crippen molar-refractivity contribution in [3.05, 3.63) is 24.8 Å². The topological polar surface area (TPSA) is 0 Å². The first-order chi connectivity index (χ1) is 6.22. The van der Waals surface area contributed by atoms with Gasteiger partial charge >= 0.3 is 0 Å². The first kappa shape index (κ1) is 9.69. The summed E-state index contributed by atoms with van der Waals surface area (Å²) in [7, 11) is -1.23. The van der Waals surface area contributed by atoms with Crippen molar-refractivity contribution in [2.45, 2.75) is 6.42 Å². The van der Waals surface area contributed by atoms with Crippen LogP contribution in [0.15, 0.2) is 24.8 Å². The van der Waals surface area contributed by atoms with E-state index in [0.29, 0.717) is 23.7 Å². The first-order valence-electron chi connectivity index (χ1n) is 4.56. The summed E-state index contributed by atoms with van der Waals surface area (Å²) in [6.07, 6.45) is 7.92. The van der Waals surface area contributed by atoms with Crippen LogP contribution in [-0.4, -0.2) is 12.7 Å². The van der Waals surface area contributed by atoms with Gasteiger partial charge in [-0.15, -0.1) is 28.7 Å². The van der Waals surface area contributed by atoms with E-state index in [4.69, 9.17) is 22.2 Å². The second-order valence-electron chi connectivity index (χ2n) is 3.80. The van der Waals surface area contributed by atoms with Crippen molar-refractivity contribution in [2.75, 3.05) is 0 Å². The van der Waals surface area contributed by atoms with Crippen molar-refractivity contribution < 1.29 is 0 Å². The fourth-order valence-corrected chi connectivity index (χ4v) is 4.22. The zero-order valence-corrected chi connectivity index (χ0v) is 9.80. The Balaban J connectivity index is 2.19. The van der Waals surface area contributed by atoms with Crippen LogP contribution in [0, 0.1) is 23.7 Å².